The molecule has 1 aliphatic rings. The van der Waals surface area contributed by atoms with Crippen molar-refractivity contribution in [1.29, 1.82) is 0 Å². The molecular weight excluding hydrogens is 268 g/mol. The number of aromatic nitrogens is 1. The summed E-state index contributed by atoms with van der Waals surface area (Å²) >= 11 is 0. The molecule has 0 aliphatic heterocycles. The van der Waals surface area contributed by atoms with Gasteiger partial charge in [-0.1, -0.05) is 19.9 Å². The second-order valence-corrected chi connectivity index (χ2v) is 6.53. The highest BCUT2D eigenvalue weighted by Crippen LogP contribution is 2.32. The SMILES string of the molecule is CC(C)(CC(=O)O)CC(=O)N(Cc1cccnc1)C1CC1. The number of hydrogen-bond donors (Lipinski definition) is 1. The first kappa shape index (κ1) is 15.5. The summed E-state index contributed by atoms with van der Waals surface area (Å²) in [6.07, 6.45) is 5.81. The maximum absolute atomic E-state index is 12.5. The van der Waals surface area contributed by atoms with Gasteiger partial charge in [-0.15, -0.1) is 0 Å². The van der Waals surface area contributed by atoms with Crippen molar-refractivity contribution in [2.24, 2.45) is 5.41 Å². The molecule has 1 amide bonds. The van der Waals surface area contributed by atoms with Gasteiger partial charge in [-0.3, -0.25) is 14.6 Å². The van der Waals surface area contributed by atoms with Gasteiger partial charge >= 0.3 is 5.97 Å². The second-order valence-electron chi connectivity index (χ2n) is 6.53. The number of carboxylic acid groups (broad SMARTS) is 1. The quantitative estimate of drug-likeness (QED) is 0.837. The van der Waals surface area contributed by atoms with Gasteiger partial charge in [0.2, 0.25) is 5.91 Å². The Morgan fingerprint density at radius 2 is 2.10 bits per heavy atom. The fraction of sp³-hybridized carbons (Fsp3) is 0.562. The van der Waals surface area contributed by atoms with Crippen LogP contribution >= 0.6 is 0 Å². The van der Waals surface area contributed by atoms with Gasteiger partial charge in [0.25, 0.3) is 0 Å². The van der Waals surface area contributed by atoms with E-state index in [4.69, 9.17) is 5.11 Å². The summed E-state index contributed by atoms with van der Waals surface area (Å²) in [4.78, 5) is 29.4. The van der Waals surface area contributed by atoms with Crippen LogP contribution in [0.1, 0.15) is 45.1 Å². The molecule has 21 heavy (non-hydrogen) atoms. The van der Waals surface area contributed by atoms with Gasteiger partial charge in [-0.2, -0.15) is 0 Å². The molecule has 1 heterocycles. The summed E-state index contributed by atoms with van der Waals surface area (Å²) in [5.74, 6) is -0.828. The van der Waals surface area contributed by atoms with Crippen molar-refractivity contribution in [2.75, 3.05) is 0 Å². The van der Waals surface area contributed by atoms with Crippen molar-refractivity contribution < 1.29 is 14.7 Å². The first-order chi connectivity index (χ1) is 9.87. The van der Waals surface area contributed by atoms with Crippen LogP contribution in [0.2, 0.25) is 0 Å². The fourth-order valence-electron chi connectivity index (χ4n) is 2.48. The molecule has 1 saturated carbocycles. The van der Waals surface area contributed by atoms with Crippen molar-refractivity contribution in [2.45, 2.75) is 52.1 Å². The van der Waals surface area contributed by atoms with E-state index in [1.54, 1.807) is 12.4 Å². The molecule has 1 aromatic rings. The normalized spacial score (nSPS) is 14.8. The molecule has 0 spiro atoms. The van der Waals surface area contributed by atoms with Crippen LogP contribution in [0.25, 0.3) is 0 Å². The number of aliphatic carboxylic acids is 1. The van der Waals surface area contributed by atoms with Gasteiger partial charge in [0.05, 0.1) is 6.42 Å². The zero-order valence-corrected chi connectivity index (χ0v) is 12.6. The predicted octanol–water partition coefficient (Wildman–Crippen LogP) is 2.46. The van der Waals surface area contributed by atoms with E-state index in [9.17, 15) is 9.59 Å². The monoisotopic (exact) mass is 290 g/mol. The summed E-state index contributed by atoms with van der Waals surface area (Å²) < 4.78 is 0. The number of hydrogen-bond acceptors (Lipinski definition) is 3. The maximum atomic E-state index is 12.5. The van der Waals surface area contributed by atoms with Gasteiger partial charge in [-0.05, 0) is 29.9 Å². The van der Waals surface area contributed by atoms with E-state index in [2.05, 4.69) is 4.98 Å². The summed E-state index contributed by atoms with van der Waals surface area (Å²) in [6.45, 7) is 4.21. The molecular formula is C16H22N2O3. The topological polar surface area (TPSA) is 70.5 Å². The lowest BCUT2D eigenvalue weighted by Gasteiger charge is -2.28. The van der Waals surface area contributed by atoms with Crippen LogP contribution < -0.4 is 0 Å². The predicted molar refractivity (Wildman–Crippen MR) is 78.5 cm³/mol. The summed E-state index contributed by atoms with van der Waals surface area (Å²) in [5.41, 5.74) is 0.485. The average molecular weight is 290 g/mol. The highest BCUT2D eigenvalue weighted by Gasteiger charge is 2.35. The average Bonchev–Trinajstić information content (AvgIpc) is 3.19. The molecule has 0 saturated heterocycles. The van der Waals surface area contributed by atoms with Crippen molar-refractivity contribution >= 4 is 11.9 Å². The van der Waals surface area contributed by atoms with Crippen molar-refractivity contribution in [1.82, 2.24) is 9.88 Å². The van der Waals surface area contributed by atoms with E-state index in [-0.39, 0.29) is 18.7 Å². The van der Waals surface area contributed by atoms with Gasteiger partial charge in [0, 0.05) is 31.4 Å². The summed E-state index contributed by atoms with van der Waals surface area (Å²) in [5, 5.41) is 8.92. The first-order valence-electron chi connectivity index (χ1n) is 7.27. The number of amides is 1. The number of pyridine rings is 1. The number of carboxylic acids is 1. The zero-order valence-electron chi connectivity index (χ0n) is 12.6. The second kappa shape index (κ2) is 6.24. The van der Waals surface area contributed by atoms with Crippen LogP contribution in [-0.4, -0.2) is 32.9 Å². The van der Waals surface area contributed by atoms with Crippen LogP contribution in [0.5, 0.6) is 0 Å². The van der Waals surface area contributed by atoms with Gasteiger partial charge in [-0.25, -0.2) is 0 Å². The molecule has 0 unspecified atom stereocenters. The van der Waals surface area contributed by atoms with Crippen molar-refractivity contribution in [3.63, 3.8) is 0 Å². The van der Waals surface area contributed by atoms with E-state index < -0.39 is 11.4 Å². The summed E-state index contributed by atoms with van der Waals surface area (Å²) in [7, 11) is 0. The first-order valence-corrected chi connectivity index (χ1v) is 7.27. The largest absolute Gasteiger partial charge is 0.481 e. The smallest absolute Gasteiger partial charge is 0.303 e. The number of carbonyl (C=O) groups excluding carboxylic acids is 1. The van der Waals surface area contributed by atoms with E-state index in [1.807, 2.05) is 30.9 Å². The molecule has 1 fully saturated rings. The fourth-order valence-corrected chi connectivity index (χ4v) is 2.48. The third kappa shape index (κ3) is 4.85. The van der Waals surface area contributed by atoms with E-state index >= 15 is 0 Å². The van der Waals surface area contributed by atoms with Gasteiger partial charge in [0.15, 0.2) is 0 Å². The third-order valence-electron chi connectivity index (χ3n) is 3.64. The lowest BCUT2D eigenvalue weighted by atomic mass is 9.85. The van der Waals surface area contributed by atoms with E-state index in [1.165, 1.54) is 0 Å². The van der Waals surface area contributed by atoms with Crippen LogP contribution in [0, 0.1) is 5.41 Å². The molecule has 0 bridgehead atoms. The highest BCUT2D eigenvalue weighted by molar-refractivity contribution is 5.78. The molecule has 2 rings (SSSR count). The Morgan fingerprint density at radius 3 is 2.62 bits per heavy atom. The lowest BCUT2D eigenvalue weighted by Crippen LogP contribution is -2.36. The Hall–Kier alpha value is -1.91. The maximum Gasteiger partial charge on any atom is 0.303 e. The van der Waals surface area contributed by atoms with E-state index in [0.29, 0.717) is 12.6 Å². The molecule has 0 atom stereocenters. The molecule has 5 nitrogen and oxygen atoms in total. The Kier molecular flexibility index (Phi) is 4.60. The molecule has 1 aromatic heterocycles. The molecule has 0 radical (unpaired) electrons. The Labute approximate surface area is 125 Å². The molecule has 1 N–H and O–H groups in total. The van der Waals surface area contributed by atoms with Crippen LogP contribution in [-0.2, 0) is 16.1 Å². The minimum Gasteiger partial charge on any atom is -0.481 e. The van der Waals surface area contributed by atoms with Gasteiger partial charge < -0.3 is 10.0 Å². The van der Waals surface area contributed by atoms with Crippen LogP contribution in [0.15, 0.2) is 24.5 Å². The Bertz CT molecular complexity index is 510. The number of nitrogens with zero attached hydrogens (tertiary/aromatic N) is 2. The molecule has 0 aromatic carbocycles. The Morgan fingerprint density at radius 1 is 1.38 bits per heavy atom. The lowest BCUT2D eigenvalue weighted by molar-refractivity contribution is -0.141. The van der Waals surface area contributed by atoms with Crippen molar-refractivity contribution in [3.8, 4) is 0 Å². The highest BCUT2D eigenvalue weighted by atomic mass is 16.4. The van der Waals surface area contributed by atoms with Gasteiger partial charge in [0.1, 0.15) is 0 Å². The molecule has 1 aliphatic carbocycles. The van der Waals surface area contributed by atoms with Crippen molar-refractivity contribution in [3.05, 3.63) is 30.1 Å². The standard InChI is InChI=1S/C16H22N2O3/c1-16(2,9-15(20)21)8-14(19)18(13-5-6-13)11-12-4-3-7-17-10-12/h3-4,7,10,13H,5-6,8-9,11H2,1-2H3,(H,20,21). The number of carbonyl (C=O) groups is 2. The zero-order chi connectivity index (χ0) is 15.5. The third-order valence-corrected chi connectivity index (χ3v) is 3.64. The molecule has 5 heteroatoms. The van der Waals surface area contributed by atoms with Crippen LogP contribution in [0.3, 0.4) is 0 Å². The summed E-state index contributed by atoms with van der Waals surface area (Å²) in [6, 6.07) is 4.12. The molecule has 114 valence electrons. The minimum atomic E-state index is -0.863. The van der Waals surface area contributed by atoms with E-state index in [0.717, 1.165) is 18.4 Å². The van der Waals surface area contributed by atoms with Crippen LogP contribution in [0.4, 0.5) is 0 Å². The number of rotatable bonds is 7. The minimum absolute atomic E-state index is 0.00411. The Balaban J connectivity index is 2.01.